The predicted molar refractivity (Wildman–Crippen MR) is 98.2 cm³/mol. The molecule has 5 nitrogen and oxygen atoms in total. The Hall–Kier alpha value is -1.75. The van der Waals surface area contributed by atoms with E-state index in [1.165, 1.54) is 0 Å². The van der Waals surface area contributed by atoms with Crippen molar-refractivity contribution in [3.8, 4) is 0 Å². The van der Waals surface area contributed by atoms with E-state index < -0.39 is 0 Å². The molecule has 1 aromatic rings. The number of halogens is 1. The van der Waals surface area contributed by atoms with Crippen LogP contribution in [-0.4, -0.2) is 31.5 Å². The second kappa shape index (κ2) is 9.40. The van der Waals surface area contributed by atoms with Crippen molar-refractivity contribution in [2.75, 3.05) is 18.9 Å². The molecular weight excluding hydrogens is 312 g/mol. The zero-order valence-electron chi connectivity index (χ0n) is 14.5. The number of hydrogen-bond donors (Lipinski definition) is 3. The Morgan fingerprint density at radius 2 is 2.00 bits per heavy atom. The first-order chi connectivity index (χ1) is 10.8. The Balaban J connectivity index is 2.41. The van der Waals surface area contributed by atoms with E-state index in [1.54, 1.807) is 7.05 Å². The van der Waals surface area contributed by atoms with Crippen molar-refractivity contribution in [3.05, 3.63) is 28.8 Å². The van der Waals surface area contributed by atoms with Gasteiger partial charge in [0.05, 0.1) is 10.7 Å². The highest BCUT2D eigenvalue weighted by atomic mass is 35.5. The summed E-state index contributed by atoms with van der Waals surface area (Å²) in [6.45, 7) is 8.84. The second-order valence-electron chi connectivity index (χ2n) is 5.96. The van der Waals surface area contributed by atoms with Crippen molar-refractivity contribution in [2.24, 2.45) is 10.9 Å². The third-order valence-electron chi connectivity index (χ3n) is 3.63. The van der Waals surface area contributed by atoms with Crippen LogP contribution in [0, 0.1) is 12.8 Å². The molecule has 1 unspecified atom stereocenters. The lowest BCUT2D eigenvalue weighted by Gasteiger charge is -2.20. The maximum Gasteiger partial charge on any atom is 0.226 e. The van der Waals surface area contributed by atoms with Crippen LogP contribution in [0.25, 0.3) is 0 Å². The van der Waals surface area contributed by atoms with Gasteiger partial charge in [-0.3, -0.25) is 9.79 Å². The Morgan fingerprint density at radius 3 is 2.57 bits per heavy atom. The van der Waals surface area contributed by atoms with Crippen LogP contribution < -0.4 is 16.0 Å². The average Bonchev–Trinajstić information content (AvgIpc) is 2.48. The number of hydrogen-bond acceptors (Lipinski definition) is 2. The number of aryl methyl sites for hydroxylation is 1. The number of carbonyl (C=O) groups excluding carboxylic acids is 1. The van der Waals surface area contributed by atoms with E-state index in [9.17, 15) is 4.79 Å². The molecule has 0 aliphatic rings. The first kappa shape index (κ1) is 19.3. The summed E-state index contributed by atoms with van der Waals surface area (Å²) in [6, 6.07) is 5.86. The van der Waals surface area contributed by atoms with Gasteiger partial charge in [-0.1, -0.05) is 31.5 Å². The van der Waals surface area contributed by atoms with Crippen molar-refractivity contribution < 1.29 is 4.79 Å². The molecule has 0 aliphatic carbocycles. The summed E-state index contributed by atoms with van der Waals surface area (Å²) < 4.78 is 0. The molecule has 23 heavy (non-hydrogen) atoms. The standard InChI is InChI=1S/C17H27ClN4O/c1-11(2)13(4)21-17(19-5)20-9-8-16(23)22-15-7-6-12(3)10-14(15)18/h6-7,10-11,13H,8-9H2,1-5H3,(H,22,23)(H2,19,20,21). The van der Waals surface area contributed by atoms with Crippen molar-refractivity contribution in [1.82, 2.24) is 10.6 Å². The third-order valence-corrected chi connectivity index (χ3v) is 3.94. The summed E-state index contributed by atoms with van der Waals surface area (Å²) in [5.41, 5.74) is 1.70. The van der Waals surface area contributed by atoms with Gasteiger partial charge in [0.1, 0.15) is 0 Å². The molecule has 0 saturated heterocycles. The average molecular weight is 339 g/mol. The minimum Gasteiger partial charge on any atom is -0.356 e. The van der Waals surface area contributed by atoms with E-state index in [-0.39, 0.29) is 5.91 Å². The second-order valence-corrected chi connectivity index (χ2v) is 6.36. The first-order valence-electron chi connectivity index (χ1n) is 7.86. The number of anilines is 1. The van der Waals surface area contributed by atoms with Gasteiger partial charge in [0, 0.05) is 26.1 Å². The molecular formula is C17H27ClN4O. The Kier molecular flexibility index (Phi) is 7.89. The molecule has 0 aliphatic heterocycles. The highest BCUT2D eigenvalue weighted by Gasteiger charge is 2.10. The van der Waals surface area contributed by atoms with E-state index in [4.69, 9.17) is 11.6 Å². The molecule has 0 fully saturated rings. The monoisotopic (exact) mass is 338 g/mol. The van der Waals surface area contributed by atoms with Gasteiger partial charge in [0.15, 0.2) is 5.96 Å². The van der Waals surface area contributed by atoms with Gasteiger partial charge in [-0.05, 0) is 37.5 Å². The number of guanidine groups is 1. The van der Waals surface area contributed by atoms with Crippen molar-refractivity contribution >= 4 is 29.2 Å². The largest absolute Gasteiger partial charge is 0.356 e. The fourth-order valence-electron chi connectivity index (χ4n) is 1.81. The fourth-order valence-corrected chi connectivity index (χ4v) is 2.09. The zero-order chi connectivity index (χ0) is 17.4. The van der Waals surface area contributed by atoms with E-state index in [1.807, 2.05) is 25.1 Å². The highest BCUT2D eigenvalue weighted by Crippen LogP contribution is 2.22. The first-order valence-corrected chi connectivity index (χ1v) is 8.24. The van der Waals surface area contributed by atoms with Crippen molar-refractivity contribution in [3.63, 3.8) is 0 Å². The third kappa shape index (κ3) is 6.91. The van der Waals surface area contributed by atoms with Crippen LogP contribution in [0.3, 0.4) is 0 Å². The summed E-state index contributed by atoms with van der Waals surface area (Å²) in [6.07, 6.45) is 0.334. The van der Waals surface area contributed by atoms with Gasteiger partial charge in [-0.15, -0.1) is 0 Å². The molecule has 1 amide bonds. The zero-order valence-corrected chi connectivity index (χ0v) is 15.3. The van der Waals surface area contributed by atoms with Gasteiger partial charge in [0.25, 0.3) is 0 Å². The van der Waals surface area contributed by atoms with Crippen LogP contribution >= 0.6 is 11.6 Å². The molecule has 6 heteroatoms. The summed E-state index contributed by atoms with van der Waals surface area (Å²) in [7, 11) is 1.72. The Morgan fingerprint density at radius 1 is 1.30 bits per heavy atom. The van der Waals surface area contributed by atoms with Crippen LogP contribution in [0.2, 0.25) is 5.02 Å². The smallest absolute Gasteiger partial charge is 0.226 e. The lowest BCUT2D eigenvalue weighted by atomic mass is 10.1. The maximum atomic E-state index is 12.0. The maximum absolute atomic E-state index is 12.0. The molecule has 1 aromatic carbocycles. The molecule has 0 heterocycles. The summed E-state index contributed by atoms with van der Waals surface area (Å²) in [5.74, 6) is 1.11. The number of amides is 1. The van der Waals surface area contributed by atoms with E-state index in [2.05, 4.69) is 41.7 Å². The van der Waals surface area contributed by atoms with Crippen LogP contribution in [0.5, 0.6) is 0 Å². The lowest BCUT2D eigenvalue weighted by molar-refractivity contribution is -0.116. The molecule has 0 radical (unpaired) electrons. The van der Waals surface area contributed by atoms with E-state index in [0.717, 1.165) is 5.56 Å². The summed E-state index contributed by atoms with van der Waals surface area (Å²) in [5, 5.41) is 9.80. The normalized spacial score (nSPS) is 12.9. The molecule has 0 bridgehead atoms. The van der Waals surface area contributed by atoms with E-state index in [0.29, 0.717) is 41.6 Å². The number of carbonyl (C=O) groups is 1. The fraction of sp³-hybridized carbons (Fsp3) is 0.529. The summed E-state index contributed by atoms with van der Waals surface area (Å²) >= 11 is 6.11. The number of aliphatic imine (C=N–C) groups is 1. The van der Waals surface area contributed by atoms with Gasteiger partial charge < -0.3 is 16.0 Å². The molecule has 0 spiro atoms. The van der Waals surface area contributed by atoms with Crippen LogP contribution in [0.4, 0.5) is 5.69 Å². The SMILES string of the molecule is CN=C(NCCC(=O)Nc1ccc(C)cc1Cl)NC(C)C(C)C. The highest BCUT2D eigenvalue weighted by molar-refractivity contribution is 6.33. The topological polar surface area (TPSA) is 65.5 Å². The molecule has 0 saturated carbocycles. The van der Waals surface area contributed by atoms with E-state index >= 15 is 0 Å². The number of nitrogens with zero attached hydrogens (tertiary/aromatic N) is 1. The number of rotatable bonds is 6. The molecule has 1 rings (SSSR count). The molecule has 128 valence electrons. The predicted octanol–water partition coefficient (Wildman–Crippen LogP) is 3.19. The quantitative estimate of drug-likeness (QED) is 0.551. The molecule has 1 atom stereocenters. The van der Waals surface area contributed by atoms with Crippen LogP contribution in [-0.2, 0) is 4.79 Å². The van der Waals surface area contributed by atoms with Crippen LogP contribution in [0.1, 0.15) is 32.8 Å². The van der Waals surface area contributed by atoms with Gasteiger partial charge in [-0.25, -0.2) is 0 Å². The van der Waals surface area contributed by atoms with Crippen molar-refractivity contribution in [2.45, 2.75) is 40.2 Å². The van der Waals surface area contributed by atoms with Gasteiger partial charge in [-0.2, -0.15) is 0 Å². The molecule has 3 N–H and O–H groups in total. The van der Waals surface area contributed by atoms with Gasteiger partial charge in [0.2, 0.25) is 5.91 Å². The lowest BCUT2D eigenvalue weighted by Crippen LogP contribution is -2.44. The number of benzene rings is 1. The Labute approximate surface area is 143 Å². The minimum absolute atomic E-state index is 0.0874. The Bertz CT molecular complexity index is 558. The molecule has 0 aromatic heterocycles. The van der Waals surface area contributed by atoms with Crippen LogP contribution in [0.15, 0.2) is 23.2 Å². The van der Waals surface area contributed by atoms with Crippen molar-refractivity contribution in [1.29, 1.82) is 0 Å². The summed E-state index contributed by atoms with van der Waals surface area (Å²) in [4.78, 5) is 16.1. The minimum atomic E-state index is -0.0874. The van der Waals surface area contributed by atoms with Gasteiger partial charge >= 0.3 is 0 Å². The number of nitrogens with one attached hydrogen (secondary N) is 3.